The van der Waals surface area contributed by atoms with Gasteiger partial charge in [0.1, 0.15) is 0 Å². The average molecular weight is 282 g/mol. The second-order valence-corrected chi connectivity index (χ2v) is 7.51. The van der Waals surface area contributed by atoms with Gasteiger partial charge in [0.2, 0.25) is 0 Å². The molecule has 0 fully saturated rings. The van der Waals surface area contributed by atoms with Gasteiger partial charge in [-0.05, 0) is 52.8 Å². The Kier molecular flexibility index (Phi) is 4.44. The summed E-state index contributed by atoms with van der Waals surface area (Å²) in [5.41, 5.74) is 12.5. The van der Waals surface area contributed by atoms with Gasteiger partial charge in [0, 0.05) is 6.04 Å². The van der Waals surface area contributed by atoms with E-state index in [4.69, 9.17) is 5.73 Å². The highest BCUT2D eigenvalue weighted by Gasteiger charge is 2.33. The molecule has 1 aliphatic rings. The van der Waals surface area contributed by atoms with Crippen molar-refractivity contribution in [1.82, 2.24) is 0 Å². The number of halogens is 1. The Bertz CT molecular complexity index is 467. The van der Waals surface area contributed by atoms with E-state index in [1.807, 2.05) is 0 Å². The smallest absolute Gasteiger partial charge is 0.0269 e. The summed E-state index contributed by atoms with van der Waals surface area (Å²) in [5, 5.41) is 0. The molecule has 1 atom stereocenters. The van der Waals surface area contributed by atoms with Crippen LogP contribution in [0.5, 0.6) is 0 Å². The van der Waals surface area contributed by atoms with Gasteiger partial charge < -0.3 is 5.73 Å². The van der Waals surface area contributed by atoms with Crippen molar-refractivity contribution in [3.63, 3.8) is 0 Å². The summed E-state index contributed by atoms with van der Waals surface area (Å²) in [5.74, 6) is 0. The molecule has 1 unspecified atom stereocenters. The molecule has 19 heavy (non-hydrogen) atoms. The number of rotatable bonds is 1. The molecule has 1 aromatic rings. The molecule has 0 bridgehead atoms. The largest absolute Gasteiger partial charge is 0.324 e. The Hall–Kier alpha value is -0.530. The van der Waals surface area contributed by atoms with Crippen molar-refractivity contribution in [2.24, 2.45) is 5.73 Å². The zero-order valence-corrected chi connectivity index (χ0v) is 13.9. The lowest BCUT2D eigenvalue weighted by atomic mass is 9.79. The van der Waals surface area contributed by atoms with Gasteiger partial charge in [-0.3, -0.25) is 0 Å². The molecule has 0 saturated heterocycles. The average Bonchev–Trinajstić information content (AvgIpc) is 2.52. The van der Waals surface area contributed by atoms with E-state index in [-0.39, 0.29) is 23.9 Å². The number of hydrogen-bond acceptors (Lipinski definition) is 1. The van der Waals surface area contributed by atoms with Crippen molar-refractivity contribution in [2.75, 3.05) is 0 Å². The fraction of sp³-hybridized carbons (Fsp3) is 0.647. The number of benzene rings is 1. The van der Waals surface area contributed by atoms with E-state index >= 15 is 0 Å². The van der Waals surface area contributed by atoms with Crippen molar-refractivity contribution < 1.29 is 0 Å². The van der Waals surface area contributed by atoms with E-state index in [2.05, 4.69) is 53.7 Å². The molecule has 0 aromatic heterocycles. The van der Waals surface area contributed by atoms with Crippen molar-refractivity contribution >= 4 is 12.4 Å². The van der Waals surface area contributed by atoms with Crippen LogP contribution in [0.15, 0.2) is 12.1 Å². The molecule has 0 aliphatic heterocycles. The van der Waals surface area contributed by atoms with Gasteiger partial charge in [0.05, 0.1) is 0 Å². The first kappa shape index (κ1) is 16.5. The maximum Gasteiger partial charge on any atom is 0.0269 e. The molecule has 2 N–H and O–H groups in total. The third-order valence-corrected chi connectivity index (χ3v) is 4.37. The summed E-state index contributed by atoms with van der Waals surface area (Å²) in [4.78, 5) is 0. The number of hydrogen-bond donors (Lipinski definition) is 1. The van der Waals surface area contributed by atoms with Gasteiger partial charge >= 0.3 is 0 Å². The molecule has 0 spiro atoms. The van der Waals surface area contributed by atoms with Crippen LogP contribution in [0.2, 0.25) is 0 Å². The second kappa shape index (κ2) is 5.10. The van der Waals surface area contributed by atoms with Gasteiger partial charge in [-0.15, -0.1) is 12.4 Å². The summed E-state index contributed by atoms with van der Waals surface area (Å²) < 4.78 is 0. The lowest BCUT2D eigenvalue weighted by molar-refractivity contribution is 0.519. The zero-order chi connectivity index (χ0) is 13.7. The molecule has 0 saturated carbocycles. The minimum absolute atomic E-state index is 0. The Morgan fingerprint density at radius 1 is 1.21 bits per heavy atom. The van der Waals surface area contributed by atoms with Gasteiger partial charge in [-0.25, -0.2) is 0 Å². The fourth-order valence-corrected chi connectivity index (χ4v) is 2.99. The van der Waals surface area contributed by atoms with E-state index in [9.17, 15) is 0 Å². The summed E-state index contributed by atoms with van der Waals surface area (Å²) in [6.45, 7) is 13.7. The standard InChI is InChI=1S/C17H27N.ClH/c1-11(18)14-9-12(16(2,3)4)10-15-13(14)7-8-17(15,5)6;/h9-11H,7-8,18H2,1-6H3;1H. The van der Waals surface area contributed by atoms with E-state index in [1.165, 1.54) is 35.1 Å². The number of nitrogens with two attached hydrogens (primary N) is 1. The molecule has 1 aromatic carbocycles. The molecule has 2 heteroatoms. The normalized spacial score (nSPS) is 18.7. The highest BCUT2D eigenvalue weighted by atomic mass is 35.5. The van der Waals surface area contributed by atoms with Crippen molar-refractivity contribution in [3.8, 4) is 0 Å². The van der Waals surface area contributed by atoms with Gasteiger partial charge in [-0.2, -0.15) is 0 Å². The molecule has 2 rings (SSSR count). The highest BCUT2D eigenvalue weighted by Crippen LogP contribution is 2.43. The van der Waals surface area contributed by atoms with Gasteiger partial charge in [-0.1, -0.05) is 46.8 Å². The van der Waals surface area contributed by atoms with Crippen LogP contribution in [0, 0.1) is 0 Å². The highest BCUT2D eigenvalue weighted by molar-refractivity contribution is 5.85. The van der Waals surface area contributed by atoms with E-state index in [0.717, 1.165) is 0 Å². The van der Waals surface area contributed by atoms with Crippen LogP contribution in [0.3, 0.4) is 0 Å². The van der Waals surface area contributed by atoms with Crippen LogP contribution < -0.4 is 5.73 Å². The quantitative estimate of drug-likeness (QED) is 0.797. The lowest BCUT2D eigenvalue weighted by Crippen LogP contribution is -2.18. The van der Waals surface area contributed by atoms with Crippen LogP contribution in [0.25, 0.3) is 0 Å². The third kappa shape index (κ3) is 2.98. The Morgan fingerprint density at radius 3 is 2.26 bits per heavy atom. The first-order valence-corrected chi connectivity index (χ1v) is 7.06. The Balaban J connectivity index is 0.00000180. The first-order valence-electron chi connectivity index (χ1n) is 7.06. The van der Waals surface area contributed by atoms with Gasteiger partial charge in [0.25, 0.3) is 0 Å². The topological polar surface area (TPSA) is 26.0 Å². The second-order valence-electron chi connectivity index (χ2n) is 7.51. The molecule has 108 valence electrons. The van der Waals surface area contributed by atoms with E-state index in [1.54, 1.807) is 0 Å². The summed E-state index contributed by atoms with van der Waals surface area (Å²) in [7, 11) is 0. The Morgan fingerprint density at radius 2 is 1.79 bits per heavy atom. The minimum atomic E-state index is 0. The molecule has 0 heterocycles. The predicted molar refractivity (Wildman–Crippen MR) is 86.3 cm³/mol. The van der Waals surface area contributed by atoms with Crippen molar-refractivity contribution in [2.45, 2.75) is 71.3 Å². The van der Waals surface area contributed by atoms with Crippen LogP contribution in [-0.4, -0.2) is 0 Å². The third-order valence-electron chi connectivity index (χ3n) is 4.37. The van der Waals surface area contributed by atoms with Crippen LogP contribution in [0.1, 0.15) is 76.3 Å². The molecular weight excluding hydrogens is 254 g/mol. The van der Waals surface area contributed by atoms with Crippen molar-refractivity contribution in [1.29, 1.82) is 0 Å². The molecular formula is C17H28ClN. The van der Waals surface area contributed by atoms with Crippen molar-refractivity contribution in [3.05, 3.63) is 34.4 Å². The molecule has 1 aliphatic carbocycles. The Labute approximate surface area is 124 Å². The monoisotopic (exact) mass is 281 g/mol. The number of fused-ring (bicyclic) bond motifs is 1. The van der Waals surface area contributed by atoms with E-state index < -0.39 is 0 Å². The zero-order valence-electron chi connectivity index (χ0n) is 13.1. The minimum Gasteiger partial charge on any atom is -0.324 e. The maximum absolute atomic E-state index is 6.19. The van der Waals surface area contributed by atoms with Crippen LogP contribution in [0.4, 0.5) is 0 Å². The SMILES string of the molecule is CC(N)c1cc(C(C)(C)C)cc2c1CCC2(C)C.Cl. The van der Waals surface area contributed by atoms with E-state index in [0.29, 0.717) is 5.41 Å². The maximum atomic E-state index is 6.19. The molecule has 0 amide bonds. The fourth-order valence-electron chi connectivity index (χ4n) is 2.99. The first-order chi connectivity index (χ1) is 8.13. The summed E-state index contributed by atoms with van der Waals surface area (Å²) in [6, 6.07) is 4.90. The molecule has 1 nitrogen and oxygen atoms in total. The van der Waals surface area contributed by atoms with Crippen LogP contribution in [-0.2, 0) is 17.3 Å². The molecule has 0 radical (unpaired) electrons. The predicted octanol–water partition coefficient (Wildman–Crippen LogP) is 4.65. The van der Waals surface area contributed by atoms with Crippen LogP contribution >= 0.6 is 12.4 Å². The summed E-state index contributed by atoms with van der Waals surface area (Å²) in [6.07, 6.45) is 2.43. The lowest BCUT2D eigenvalue weighted by Gasteiger charge is -2.26. The summed E-state index contributed by atoms with van der Waals surface area (Å²) >= 11 is 0. The van der Waals surface area contributed by atoms with Gasteiger partial charge in [0.15, 0.2) is 0 Å².